The predicted octanol–water partition coefficient (Wildman–Crippen LogP) is 4.50. The van der Waals surface area contributed by atoms with Crippen molar-refractivity contribution in [2.75, 3.05) is 26.2 Å². The summed E-state index contributed by atoms with van der Waals surface area (Å²) in [7, 11) is 0. The van der Waals surface area contributed by atoms with Crippen LogP contribution in [0.25, 0.3) is 0 Å². The zero-order valence-electron chi connectivity index (χ0n) is 14.0. The lowest BCUT2D eigenvalue weighted by Crippen LogP contribution is -2.23. The minimum atomic E-state index is 0.835. The highest BCUT2D eigenvalue weighted by Gasteiger charge is 2.04. The van der Waals surface area contributed by atoms with E-state index in [-0.39, 0.29) is 0 Å². The second kappa shape index (κ2) is 9.02. The summed E-state index contributed by atoms with van der Waals surface area (Å²) in [6.07, 6.45) is 3.67. The van der Waals surface area contributed by atoms with Gasteiger partial charge in [0.05, 0.1) is 6.61 Å². The molecular weight excluding hydrogens is 246 g/mol. The molecule has 0 unspecified atom stereocenters. The fourth-order valence-corrected chi connectivity index (χ4v) is 2.49. The summed E-state index contributed by atoms with van der Waals surface area (Å²) in [6.45, 7) is 15.3. The van der Waals surface area contributed by atoms with Crippen molar-refractivity contribution in [3.63, 3.8) is 0 Å². The topological polar surface area (TPSA) is 12.5 Å². The van der Waals surface area contributed by atoms with E-state index in [1.165, 1.54) is 36.1 Å². The highest BCUT2D eigenvalue weighted by molar-refractivity contribution is 5.41. The summed E-state index contributed by atoms with van der Waals surface area (Å²) in [5, 5.41) is 0. The van der Waals surface area contributed by atoms with Gasteiger partial charge in [-0.15, -0.1) is 0 Å². The van der Waals surface area contributed by atoms with Crippen molar-refractivity contribution in [2.45, 2.75) is 53.9 Å². The molecule has 0 spiro atoms. The monoisotopic (exact) mass is 277 g/mol. The van der Waals surface area contributed by atoms with Gasteiger partial charge in [-0.1, -0.05) is 19.9 Å². The molecular formula is C18H31NO. The molecule has 0 aromatic heterocycles. The summed E-state index contributed by atoms with van der Waals surface area (Å²) >= 11 is 0. The second-order valence-corrected chi connectivity index (χ2v) is 5.64. The first-order valence-corrected chi connectivity index (χ1v) is 8.01. The van der Waals surface area contributed by atoms with Gasteiger partial charge in [-0.3, -0.25) is 0 Å². The van der Waals surface area contributed by atoms with Crippen LogP contribution >= 0.6 is 0 Å². The molecule has 0 fully saturated rings. The number of hydrogen-bond donors (Lipinski definition) is 0. The standard InChI is InChI=1S/C18H31NO/c1-6-19(7-2)11-9-8-10-12-20-18-14-15(3)13-16(4)17(18)5/h13-14H,6-12H2,1-5H3. The molecule has 0 saturated carbocycles. The Kier molecular flexibility index (Phi) is 7.68. The van der Waals surface area contributed by atoms with Crippen molar-refractivity contribution in [3.05, 3.63) is 28.8 Å². The van der Waals surface area contributed by atoms with Gasteiger partial charge in [0.2, 0.25) is 0 Å². The average molecular weight is 277 g/mol. The van der Waals surface area contributed by atoms with Crippen molar-refractivity contribution < 1.29 is 4.74 Å². The molecule has 0 radical (unpaired) electrons. The van der Waals surface area contributed by atoms with Crippen LogP contribution in [0.15, 0.2) is 12.1 Å². The third-order valence-electron chi connectivity index (χ3n) is 4.03. The molecule has 0 heterocycles. The van der Waals surface area contributed by atoms with Crippen LogP contribution in [0.3, 0.4) is 0 Å². The van der Waals surface area contributed by atoms with E-state index in [0.717, 1.165) is 31.9 Å². The Balaban J connectivity index is 2.25. The average Bonchev–Trinajstić information content (AvgIpc) is 2.43. The Bertz CT molecular complexity index is 397. The van der Waals surface area contributed by atoms with Crippen LogP contribution in [0, 0.1) is 20.8 Å². The second-order valence-electron chi connectivity index (χ2n) is 5.64. The van der Waals surface area contributed by atoms with Gasteiger partial charge in [0.1, 0.15) is 5.75 Å². The van der Waals surface area contributed by atoms with Gasteiger partial charge in [-0.25, -0.2) is 0 Å². The summed E-state index contributed by atoms with van der Waals surface area (Å²) in [5.41, 5.74) is 3.88. The number of hydrogen-bond acceptors (Lipinski definition) is 2. The largest absolute Gasteiger partial charge is 0.493 e. The highest BCUT2D eigenvalue weighted by Crippen LogP contribution is 2.23. The molecule has 0 amide bonds. The van der Waals surface area contributed by atoms with Crippen LogP contribution in [-0.4, -0.2) is 31.1 Å². The number of aryl methyl sites for hydroxylation is 2. The fourth-order valence-electron chi connectivity index (χ4n) is 2.49. The molecule has 0 aliphatic rings. The quantitative estimate of drug-likeness (QED) is 0.616. The Hall–Kier alpha value is -1.02. The molecule has 2 heteroatoms. The number of rotatable bonds is 9. The van der Waals surface area contributed by atoms with Crippen LogP contribution in [0.1, 0.15) is 49.8 Å². The van der Waals surface area contributed by atoms with E-state index in [0.29, 0.717) is 0 Å². The Morgan fingerprint density at radius 2 is 1.65 bits per heavy atom. The molecule has 0 aliphatic carbocycles. The van der Waals surface area contributed by atoms with Gasteiger partial charge >= 0.3 is 0 Å². The van der Waals surface area contributed by atoms with E-state index in [1.54, 1.807) is 0 Å². The zero-order chi connectivity index (χ0) is 15.0. The zero-order valence-corrected chi connectivity index (χ0v) is 14.0. The fraction of sp³-hybridized carbons (Fsp3) is 0.667. The van der Waals surface area contributed by atoms with Gasteiger partial charge < -0.3 is 9.64 Å². The lowest BCUT2D eigenvalue weighted by atomic mass is 10.1. The summed E-state index contributed by atoms with van der Waals surface area (Å²) in [4.78, 5) is 2.48. The van der Waals surface area contributed by atoms with Gasteiger partial charge in [0.15, 0.2) is 0 Å². The van der Waals surface area contributed by atoms with E-state index in [1.807, 2.05) is 0 Å². The first-order chi connectivity index (χ1) is 9.58. The molecule has 0 aliphatic heterocycles. The van der Waals surface area contributed by atoms with Crippen molar-refractivity contribution in [1.29, 1.82) is 0 Å². The van der Waals surface area contributed by atoms with Gasteiger partial charge in [0.25, 0.3) is 0 Å². The van der Waals surface area contributed by atoms with Crippen LogP contribution in [0.4, 0.5) is 0 Å². The van der Waals surface area contributed by atoms with Gasteiger partial charge in [-0.2, -0.15) is 0 Å². The maximum Gasteiger partial charge on any atom is 0.122 e. The SMILES string of the molecule is CCN(CC)CCCCCOc1cc(C)cc(C)c1C. The lowest BCUT2D eigenvalue weighted by Gasteiger charge is -2.17. The lowest BCUT2D eigenvalue weighted by molar-refractivity contribution is 0.276. The first-order valence-electron chi connectivity index (χ1n) is 8.01. The number of unbranched alkanes of at least 4 members (excludes halogenated alkanes) is 2. The van der Waals surface area contributed by atoms with Crippen molar-refractivity contribution >= 4 is 0 Å². The van der Waals surface area contributed by atoms with Gasteiger partial charge in [-0.05, 0) is 82.4 Å². The molecule has 1 aromatic rings. The van der Waals surface area contributed by atoms with Crippen LogP contribution in [0.5, 0.6) is 5.75 Å². The summed E-state index contributed by atoms with van der Waals surface area (Å²) < 4.78 is 5.94. The number of benzene rings is 1. The van der Waals surface area contributed by atoms with Crippen LogP contribution in [0.2, 0.25) is 0 Å². The molecule has 1 aromatic carbocycles. The third kappa shape index (κ3) is 5.54. The highest BCUT2D eigenvalue weighted by atomic mass is 16.5. The van der Waals surface area contributed by atoms with E-state index in [9.17, 15) is 0 Å². The molecule has 20 heavy (non-hydrogen) atoms. The van der Waals surface area contributed by atoms with Crippen LogP contribution in [-0.2, 0) is 0 Å². The molecule has 0 N–H and O–H groups in total. The van der Waals surface area contributed by atoms with Crippen molar-refractivity contribution in [3.8, 4) is 5.75 Å². The molecule has 1 rings (SSSR count). The Labute approximate surface area is 125 Å². The predicted molar refractivity (Wildman–Crippen MR) is 87.8 cm³/mol. The van der Waals surface area contributed by atoms with E-state index < -0.39 is 0 Å². The summed E-state index contributed by atoms with van der Waals surface area (Å²) in [6, 6.07) is 4.37. The minimum absolute atomic E-state index is 0.835. The minimum Gasteiger partial charge on any atom is -0.493 e. The summed E-state index contributed by atoms with van der Waals surface area (Å²) in [5.74, 6) is 1.06. The molecule has 114 valence electrons. The van der Waals surface area contributed by atoms with Crippen molar-refractivity contribution in [1.82, 2.24) is 4.90 Å². The molecule has 0 atom stereocenters. The smallest absolute Gasteiger partial charge is 0.122 e. The molecule has 0 bridgehead atoms. The number of nitrogens with zero attached hydrogens (tertiary/aromatic N) is 1. The van der Waals surface area contributed by atoms with Crippen LogP contribution < -0.4 is 4.74 Å². The van der Waals surface area contributed by atoms with E-state index in [4.69, 9.17) is 4.74 Å². The third-order valence-corrected chi connectivity index (χ3v) is 4.03. The molecule has 0 saturated heterocycles. The number of ether oxygens (including phenoxy) is 1. The maximum atomic E-state index is 5.94. The van der Waals surface area contributed by atoms with Crippen molar-refractivity contribution in [2.24, 2.45) is 0 Å². The Morgan fingerprint density at radius 3 is 2.30 bits per heavy atom. The molecule has 2 nitrogen and oxygen atoms in total. The first kappa shape index (κ1) is 17.0. The van der Waals surface area contributed by atoms with E-state index >= 15 is 0 Å². The Morgan fingerprint density at radius 1 is 0.950 bits per heavy atom. The van der Waals surface area contributed by atoms with Gasteiger partial charge in [0, 0.05) is 0 Å². The normalized spacial score (nSPS) is 11.1. The van der Waals surface area contributed by atoms with E-state index in [2.05, 4.69) is 51.7 Å². The maximum absolute atomic E-state index is 5.94.